The molecule has 4 heterocycles. The molecule has 10 heteroatoms. The van der Waals surface area contributed by atoms with Gasteiger partial charge in [-0.15, -0.1) is 0 Å². The Kier molecular flexibility index (Phi) is 4.46. The maximum Gasteiger partial charge on any atom is 0.255 e. The number of amides is 2. The Morgan fingerprint density at radius 1 is 1.50 bits per heavy atom. The van der Waals surface area contributed by atoms with E-state index in [1.54, 1.807) is 29.0 Å². The highest BCUT2D eigenvalue weighted by Crippen LogP contribution is 2.34. The molecule has 1 saturated heterocycles. The lowest BCUT2D eigenvalue weighted by Crippen LogP contribution is -2.36. The van der Waals surface area contributed by atoms with E-state index in [1.807, 2.05) is 0 Å². The monoisotopic (exact) mass is 385 g/mol. The van der Waals surface area contributed by atoms with Crippen LogP contribution >= 0.6 is 0 Å². The molecular formula is C18H20FN7O2. The number of hydrogen-bond acceptors (Lipinski definition) is 6. The number of anilines is 3. The molecule has 1 unspecified atom stereocenters. The maximum absolute atomic E-state index is 15.1. The van der Waals surface area contributed by atoms with Gasteiger partial charge in [0.1, 0.15) is 5.82 Å². The van der Waals surface area contributed by atoms with Crippen LogP contribution in [0.3, 0.4) is 0 Å². The number of carbonyl (C=O) groups excluding carboxylic acids is 2. The van der Waals surface area contributed by atoms with E-state index in [0.29, 0.717) is 30.8 Å². The summed E-state index contributed by atoms with van der Waals surface area (Å²) in [6.45, 7) is 4.52. The third-order valence-electron chi connectivity index (χ3n) is 4.86. The predicted octanol–water partition coefficient (Wildman–Crippen LogP) is 0.822. The molecule has 146 valence electrons. The number of pyridine rings is 1. The van der Waals surface area contributed by atoms with Gasteiger partial charge < -0.3 is 20.9 Å². The van der Waals surface area contributed by atoms with Crippen LogP contribution in [0.1, 0.15) is 22.3 Å². The molecule has 0 radical (unpaired) electrons. The Morgan fingerprint density at radius 2 is 2.32 bits per heavy atom. The molecule has 2 aliphatic rings. The molecular weight excluding hydrogens is 365 g/mol. The fourth-order valence-electron chi connectivity index (χ4n) is 3.52. The van der Waals surface area contributed by atoms with Crippen molar-refractivity contribution in [2.45, 2.75) is 19.0 Å². The standard InChI is InChI=1S/C18H20FN7O2/c1-3-13(27)22-10-4-5-26(9-10)17-15(19)12-7-20-18(28)14(12)16(24-17)23-11-6-21-25(2)8-11/h3,6,8,10H,1,4-5,7,9H2,2H3,(H,20,28)(H,22,27)(H,23,24). The third-order valence-corrected chi connectivity index (χ3v) is 4.86. The Labute approximate surface area is 160 Å². The average molecular weight is 385 g/mol. The summed E-state index contributed by atoms with van der Waals surface area (Å²) in [7, 11) is 1.77. The smallest absolute Gasteiger partial charge is 0.255 e. The van der Waals surface area contributed by atoms with Crippen LogP contribution in [0.2, 0.25) is 0 Å². The molecule has 2 aliphatic heterocycles. The third kappa shape index (κ3) is 3.17. The summed E-state index contributed by atoms with van der Waals surface area (Å²) in [4.78, 5) is 30.0. The number of aryl methyl sites for hydroxylation is 1. The maximum atomic E-state index is 15.1. The molecule has 2 aromatic heterocycles. The molecule has 3 N–H and O–H groups in total. The summed E-state index contributed by atoms with van der Waals surface area (Å²) in [5.74, 6) is -0.689. The van der Waals surface area contributed by atoms with Gasteiger partial charge in [0.05, 0.1) is 17.4 Å². The van der Waals surface area contributed by atoms with Gasteiger partial charge in [-0.25, -0.2) is 9.37 Å². The highest BCUT2D eigenvalue weighted by molar-refractivity contribution is 6.03. The van der Waals surface area contributed by atoms with E-state index in [1.165, 1.54) is 6.08 Å². The van der Waals surface area contributed by atoms with Gasteiger partial charge in [0, 0.05) is 44.5 Å². The van der Waals surface area contributed by atoms with Crippen LogP contribution in [-0.2, 0) is 18.4 Å². The molecule has 0 aromatic carbocycles. The summed E-state index contributed by atoms with van der Waals surface area (Å²) in [5.41, 5.74) is 1.15. The van der Waals surface area contributed by atoms with E-state index in [2.05, 4.69) is 32.6 Å². The van der Waals surface area contributed by atoms with Crippen molar-refractivity contribution in [3.63, 3.8) is 0 Å². The highest BCUT2D eigenvalue weighted by Gasteiger charge is 2.33. The van der Waals surface area contributed by atoms with Crippen molar-refractivity contribution in [1.29, 1.82) is 0 Å². The zero-order valence-electron chi connectivity index (χ0n) is 15.3. The molecule has 2 aromatic rings. The topological polar surface area (TPSA) is 104 Å². The molecule has 0 aliphatic carbocycles. The minimum Gasteiger partial charge on any atom is -0.352 e. The first-order valence-corrected chi connectivity index (χ1v) is 8.90. The summed E-state index contributed by atoms with van der Waals surface area (Å²) >= 11 is 0. The Hall–Kier alpha value is -3.43. The summed E-state index contributed by atoms with van der Waals surface area (Å²) in [6.07, 6.45) is 5.21. The number of hydrogen-bond donors (Lipinski definition) is 3. The Morgan fingerprint density at radius 3 is 3.04 bits per heavy atom. The molecule has 0 bridgehead atoms. The summed E-state index contributed by atoms with van der Waals surface area (Å²) < 4.78 is 16.7. The van der Waals surface area contributed by atoms with Gasteiger partial charge in [-0.05, 0) is 12.5 Å². The van der Waals surface area contributed by atoms with Gasteiger partial charge in [0.25, 0.3) is 5.91 Å². The SMILES string of the molecule is C=CC(=O)NC1CCN(c2nc(Nc3cnn(C)c3)c3c(c2F)CNC3=O)C1. The number of fused-ring (bicyclic) bond motifs is 1. The van der Waals surface area contributed by atoms with Crippen LogP contribution in [0.25, 0.3) is 0 Å². The Balaban J connectivity index is 1.67. The van der Waals surface area contributed by atoms with Crippen LogP contribution < -0.4 is 20.9 Å². The van der Waals surface area contributed by atoms with E-state index < -0.39 is 5.82 Å². The molecule has 4 rings (SSSR count). The number of aromatic nitrogens is 3. The number of nitrogens with one attached hydrogen (secondary N) is 3. The van der Waals surface area contributed by atoms with Gasteiger partial charge in [-0.2, -0.15) is 5.10 Å². The lowest BCUT2D eigenvalue weighted by molar-refractivity contribution is -0.117. The predicted molar refractivity (Wildman–Crippen MR) is 101 cm³/mol. The summed E-state index contributed by atoms with van der Waals surface area (Å²) in [6, 6.07) is -0.116. The minimum atomic E-state index is -0.513. The van der Waals surface area contributed by atoms with Crippen LogP contribution in [0.4, 0.5) is 21.7 Å². The number of rotatable bonds is 5. The average Bonchev–Trinajstić information content (AvgIpc) is 3.38. The molecule has 1 atom stereocenters. The van der Waals surface area contributed by atoms with Crippen LogP contribution in [0, 0.1) is 5.82 Å². The zero-order valence-corrected chi connectivity index (χ0v) is 15.3. The first kappa shape index (κ1) is 18.0. The Bertz CT molecular complexity index is 971. The lowest BCUT2D eigenvalue weighted by atomic mass is 10.1. The molecule has 2 amide bonds. The normalized spacial score (nSPS) is 18.0. The largest absolute Gasteiger partial charge is 0.352 e. The molecule has 28 heavy (non-hydrogen) atoms. The van der Waals surface area contributed by atoms with E-state index in [4.69, 9.17) is 0 Å². The molecule has 0 spiro atoms. The van der Waals surface area contributed by atoms with Gasteiger partial charge in [0.2, 0.25) is 5.91 Å². The number of nitrogens with zero attached hydrogens (tertiary/aromatic N) is 4. The quantitative estimate of drug-likeness (QED) is 0.659. The van der Waals surface area contributed by atoms with Crippen molar-refractivity contribution in [2.75, 3.05) is 23.3 Å². The van der Waals surface area contributed by atoms with Crippen molar-refractivity contribution in [3.05, 3.63) is 42.0 Å². The molecule has 1 fully saturated rings. The second-order valence-corrected chi connectivity index (χ2v) is 6.81. The second kappa shape index (κ2) is 6.95. The van der Waals surface area contributed by atoms with Crippen molar-refractivity contribution in [1.82, 2.24) is 25.4 Å². The molecule has 9 nitrogen and oxygen atoms in total. The van der Waals surface area contributed by atoms with E-state index in [-0.39, 0.29) is 41.6 Å². The number of halogens is 1. The zero-order chi connectivity index (χ0) is 19.8. The van der Waals surface area contributed by atoms with E-state index in [9.17, 15) is 9.59 Å². The van der Waals surface area contributed by atoms with Gasteiger partial charge in [0.15, 0.2) is 11.6 Å². The van der Waals surface area contributed by atoms with Crippen LogP contribution in [0.5, 0.6) is 0 Å². The second-order valence-electron chi connectivity index (χ2n) is 6.81. The van der Waals surface area contributed by atoms with Crippen LogP contribution in [0.15, 0.2) is 25.0 Å². The number of carbonyl (C=O) groups is 2. The van der Waals surface area contributed by atoms with Crippen molar-refractivity contribution in [2.24, 2.45) is 7.05 Å². The lowest BCUT2D eigenvalue weighted by Gasteiger charge is -2.21. The molecule has 0 saturated carbocycles. The van der Waals surface area contributed by atoms with Gasteiger partial charge in [-0.3, -0.25) is 14.3 Å². The highest BCUT2D eigenvalue weighted by atomic mass is 19.1. The van der Waals surface area contributed by atoms with Crippen LogP contribution in [-0.4, -0.2) is 45.7 Å². The fraction of sp³-hybridized carbons (Fsp3) is 0.333. The van der Waals surface area contributed by atoms with Gasteiger partial charge >= 0.3 is 0 Å². The van der Waals surface area contributed by atoms with Crippen molar-refractivity contribution in [3.8, 4) is 0 Å². The minimum absolute atomic E-state index is 0.113. The first-order valence-electron chi connectivity index (χ1n) is 8.90. The van der Waals surface area contributed by atoms with Crippen molar-refractivity contribution < 1.29 is 14.0 Å². The van der Waals surface area contributed by atoms with E-state index >= 15 is 4.39 Å². The van der Waals surface area contributed by atoms with E-state index in [0.717, 1.165) is 0 Å². The van der Waals surface area contributed by atoms with Gasteiger partial charge in [-0.1, -0.05) is 6.58 Å². The van der Waals surface area contributed by atoms with Crippen molar-refractivity contribution >= 4 is 29.1 Å². The fourth-order valence-corrected chi connectivity index (χ4v) is 3.52. The first-order chi connectivity index (χ1) is 13.5. The summed E-state index contributed by atoms with van der Waals surface area (Å²) in [5, 5.41) is 12.6.